The van der Waals surface area contributed by atoms with Gasteiger partial charge in [0.2, 0.25) is 0 Å². The Balaban J connectivity index is -0.0000000312. The largest absolute Gasteiger partial charge is 4.00 e. The van der Waals surface area contributed by atoms with Crippen LogP contribution in [0.2, 0.25) is 0 Å². The van der Waals surface area contributed by atoms with Crippen LogP contribution in [0.25, 0.3) is 0 Å². The van der Waals surface area contributed by atoms with Crippen LogP contribution in [0.3, 0.4) is 0 Å². The summed E-state index contributed by atoms with van der Waals surface area (Å²) in [5.74, 6) is 0. The van der Waals surface area contributed by atoms with Crippen LogP contribution in [0, 0.1) is 14.9 Å². The minimum Gasteiger partial charge on any atom is -1.00 e. The van der Waals surface area contributed by atoms with E-state index in [2.05, 4.69) is 0 Å². The Labute approximate surface area is 83.7 Å². The second kappa shape index (κ2) is 15.8. The van der Waals surface area contributed by atoms with E-state index in [0.717, 1.165) is 0 Å². The summed E-state index contributed by atoms with van der Waals surface area (Å²) in [4.78, 5) is 0. The fraction of sp³-hybridized carbons (Fsp3) is 0. The van der Waals surface area contributed by atoms with Crippen molar-refractivity contribution in [3.63, 3.8) is 0 Å². The first-order chi connectivity index (χ1) is 2.50. The molecule has 0 bridgehead atoms. The Morgan fingerprint density at radius 1 is 0.889 bits per heavy atom. The standard InChI is InChI=1S/C5H5.2CH3.BrH.Ti/c1-2-4-5-3-1;;;;/h1-5H;2*1H3;1H;/q3*-1;;+4/p-1. The molecule has 0 saturated carbocycles. The van der Waals surface area contributed by atoms with Gasteiger partial charge in [-0.15, -0.1) is 0 Å². The predicted octanol–water partition coefficient (Wildman–Crippen LogP) is -0.692. The Morgan fingerprint density at radius 3 is 1.33 bits per heavy atom. The molecule has 0 heterocycles. The molecular weight excluding hydrogens is 212 g/mol. The second-order valence-electron chi connectivity index (χ2n) is 0.962. The normalized spacial score (nSPS) is 4.44. The average molecular weight is 223 g/mol. The van der Waals surface area contributed by atoms with Crippen LogP contribution in [0.1, 0.15) is 0 Å². The molecule has 0 spiro atoms. The summed E-state index contributed by atoms with van der Waals surface area (Å²) in [6.07, 6.45) is 0. The molecule has 0 amide bonds. The van der Waals surface area contributed by atoms with E-state index in [0.29, 0.717) is 0 Å². The van der Waals surface area contributed by atoms with E-state index in [4.69, 9.17) is 0 Å². The van der Waals surface area contributed by atoms with Gasteiger partial charge in [0, 0.05) is 0 Å². The summed E-state index contributed by atoms with van der Waals surface area (Å²) >= 11 is 0. The van der Waals surface area contributed by atoms with Crippen molar-refractivity contribution in [1.82, 2.24) is 0 Å². The Morgan fingerprint density at radius 2 is 1.22 bits per heavy atom. The number of halogens is 1. The van der Waals surface area contributed by atoms with Gasteiger partial charge in [0.15, 0.2) is 0 Å². The van der Waals surface area contributed by atoms with Gasteiger partial charge in [0.25, 0.3) is 0 Å². The molecule has 0 radical (unpaired) electrons. The first-order valence-electron chi connectivity index (χ1n) is 1.67. The van der Waals surface area contributed by atoms with Crippen molar-refractivity contribution >= 4 is 0 Å². The third-order valence-electron chi connectivity index (χ3n) is 0.556. The van der Waals surface area contributed by atoms with Crippen LogP contribution < -0.4 is 17.0 Å². The van der Waals surface area contributed by atoms with Gasteiger partial charge in [-0.1, -0.05) is 0 Å². The smallest absolute Gasteiger partial charge is 1.00 e. The van der Waals surface area contributed by atoms with Gasteiger partial charge in [-0.3, -0.25) is 0 Å². The number of rotatable bonds is 0. The maximum atomic E-state index is 2.00. The molecule has 1 aromatic carbocycles. The monoisotopic (exact) mass is 222 g/mol. The van der Waals surface area contributed by atoms with Crippen molar-refractivity contribution in [2.75, 3.05) is 0 Å². The molecule has 9 heavy (non-hydrogen) atoms. The zero-order chi connectivity index (χ0) is 3.54. The molecule has 0 aliphatic rings. The molecule has 0 aliphatic carbocycles. The SMILES string of the molecule is [Br-].[CH3-].[CH3-].[Ti+4].c1cc[cH-]c1. The number of hydrogen-bond donors (Lipinski definition) is 0. The van der Waals surface area contributed by atoms with E-state index in [1.807, 2.05) is 30.3 Å². The van der Waals surface area contributed by atoms with Crippen LogP contribution in [0.15, 0.2) is 30.3 Å². The fourth-order valence-electron chi connectivity index (χ4n) is 0.321. The van der Waals surface area contributed by atoms with Crippen molar-refractivity contribution in [3.8, 4) is 0 Å². The maximum absolute atomic E-state index is 2.00. The molecule has 50 valence electrons. The van der Waals surface area contributed by atoms with Gasteiger partial charge < -0.3 is 31.8 Å². The minimum atomic E-state index is 0. The Hall–Kier alpha value is 0.544. The minimum absolute atomic E-state index is 0. The topological polar surface area (TPSA) is 0 Å². The molecule has 1 rings (SSSR count). The average Bonchev–Trinajstić information content (AvgIpc) is 1.76. The molecular formula is C7H11BrTi. The van der Waals surface area contributed by atoms with E-state index in [1.165, 1.54) is 0 Å². The maximum Gasteiger partial charge on any atom is 4.00 e. The van der Waals surface area contributed by atoms with Crippen molar-refractivity contribution in [2.45, 2.75) is 0 Å². The summed E-state index contributed by atoms with van der Waals surface area (Å²) < 4.78 is 0. The summed E-state index contributed by atoms with van der Waals surface area (Å²) in [5, 5.41) is 0. The number of hydrogen-bond acceptors (Lipinski definition) is 0. The van der Waals surface area contributed by atoms with E-state index in [-0.39, 0.29) is 53.6 Å². The van der Waals surface area contributed by atoms with Gasteiger partial charge in [-0.25, -0.2) is 12.1 Å². The summed E-state index contributed by atoms with van der Waals surface area (Å²) in [5.41, 5.74) is 0. The van der Waals surface area contributed by atoms with E-state index >= 15 is 0 Å². The molecule has 0 N–H and O–H groups in total. The van der Waals surface area contributed by atoms with E-state index in [9.17, 15) is 0 Å². The Kier molecular flexibility index (Phi) is 39.8. The van der Waals surface area contributed by atoms with Crippen LogP contribution in [-0.2, 0) is 21.7 Å². The molecule has 0 saturated heterocycles. The third-order valence-corrected chi connectivity index (χ3v) is 0.556. The zero-order valence-electron chi connectivity index (χ0n) is 5.76. The summed E-state index contributed by atoms with van der Waals surface area (Å²) in [6.45, 7) is 0. The van der Waals surface area contributed by atoms with Crippen LogP contribution in [0.4, 0.5) is 0 Å². The van der Waals surface area contributed by atoms with Crippen LogP contribution in [0.5, 0.6) is 0 Å². The van der Waals surface area contributed by atoms with Gasteiger partial charge in [0.1, 0.15) is 0 Å². The van der Waals surface area contributed by atoms with Crippen molar-refractivity contribution in [2.24, 2.45) is 0 Å². The molecule has 1 aromatic rings. The molecule has 0 aliphatic heterocycles. The summed E-state index contributed by atoms with van der Waals surface area (Å²) in [7, 11) is 0. The van der Waals surface area contributed by atoms with E-state index in [1.54, 1.807) is 0 Å². The van der Waals surface area contributed by atoms with Gasteiger partial charge in [-0.05, 0) is 0 Å². The summed E-state index contributed by atoms with van der Waals surface area (Å²) in [6, 6.07) is 10.0. The Bertz CT molecular complexity index is 65.4. The van der Waals surface area contributed by atoms with Crippen LogP contribution in [-0.4, -0.2) is 0 Å². The first-order valence-corrected chi connectivity index (χ1v) is 1.67. The van der Waals surface area contributed by atoms with Crippen LogP contribution >= 0.6 is 0 Å². The van der Waals surface area contributed by atoms with Crippen molar-refractivity contribution < 1.29 is 38.7 Å². The zero-order valence-corrected chi connectivity index (χ0v) is 8.91. The van der Waals surface area contributed by atoms with Gasteiger partial charge in [-0.2, -0.15) is 18.2 Å². The van der Waals surface area contributed by atoms with Crippen molar-refractivity contribution in [3.05, 3.63) is 45.2 Å². The molecule has 0 fully saturated rings. The fourth-order valence-corrected chi connectivity index (χ4v) is 0.321. The van der Waals surface area contributed by atoms with E-state index < -0.39 is 0 Å². The molecule has 2 heteroatoms. The molecule has 0 nitrogen and oxygen atoms in total. The molecule has 0 aromatic heterocycles. The van der Waals surface area contributed by atoms with Crippen molar-refractivity contribution in [1.29, 1.82) is 0 Å². The molecule has 0 atom stereocenters. The predicted molar refractivity (Wildman–Crippen MR) is 34.9 cm³/mol. The van der Waals surface area contributed by atoms with Gasteiger partial charge in [0.05, 0.1) is 0 Å². The second-order valence-corrected chi connectivity index (χ2v) is 0.962. The first kappa shape index (κ1) is 22.7. The quantitative estimate of drug-likeness (QED) is 0.403. The third kappa shape index (κ3) is 11.9. The molecule has 0 unspecified atom stereocenters. The van der Waals surface area contributed by atoms with Gasteiger partial charge >= 0.3 is 21.7 Å².